The van der Waals surface area contributed by atoms with Crippen molar-refractivity contribution in [2.45, 2.75) is 54.5 Å². The lowest BCUT2D eigenvalue weighted by Crippen LogP contribution is -2.45. The van der Waals surface area contributed by atoms with Gasteiger partial charge in [0.05, 0.1) is 9.79 Å². The Morgan fingerprint density at radius 1 is 1.00 bits per heavy atom. The summed E-state index contributed by atoms with van der Waals surface area (Å²) >= 11 is 0. The molecule has 0 radical (unpaired) electrons. The van der Waals surface area contributed by atoms with Crippen LogP contribution >= 0.6 is 0 Å². The summed E-state index contributed by atoms with van der Waals surface area (Å²) in [4.78, 5) is 4.53. The molecule has 1 aliphatic carbocycles. The van der Waals surface area contributed by atoms with Crippen LogP contribution in [0.3, 0.4) is 0 Å². The number of hydrogen-bond donors (Lipinski definition) is 1. The standard InChI is InChI=1S/C20H34N4O4S2/c1-4-23-13-5-6-18(23)16-24(15-14-22(2)3)30(27,28)20-11-9-19(10-12-20)29(25,26)21-17-7-8-17/h9-12,17-18,21H,4-8,13-16H2,1-3H3. The summed E-state index contributed by atoms with van der Waals surface area (Å²) in [6.45, 7) is 5.48. The Kier molecular flexibility index (Phi) is 7.57. The Labute approximate surface area is 181 Å². The molecular weight excluding hydrogens is 424 g/mol. The molecule has 1 heterocycles. The zero-order valence-electron chi connectivity index (χ0n) is 18.1. The van der Waals surface area contributed by atoms with E-state index in [9.17, 15) is 16.8 Å². The minimum absolute atomic E-state index is 0.00728. The number of nitrogens with one attached hydrogen (secondary N) is 1. The van der Waals surface area contributed by atoms with Gasteiger partial charge in [0.25, 0.3) is 0 Å². The Balaban J connectivity index is 1.80. The van der Waals surface area contributed by atoms with Crippen molar-refractivity contribution in [1.29, 1.82) is 0 Å². The SMILES string of the molecule is CCN1CCCC1CN(CCN(C)C)S(=O)(=O)c1ccc(S(=O)(=O)NC2CC2)cc1. The molecule has 0 bridgehead atoms. The van der Waals surface area contributed by atoms with Crippen LogP contribution in [0.5, 0.6) is 0 Å². The molecule has 1 saturated heterocycles. The summed E-state index contributed by atoms with van der Waals surface area (Å²) in [5.41, 5.74) is 0. The van der Waals surface area contributed by atoms with E-state index in [2.05, 4.69) is 16.5 Å². The molecule has 2 aliphatic rings. The van der Waals surface area contributed by atoms with E-state index in [1.165, 1.54) is 24.3 Å². The molecule has 170 valence electrons. The molecule has 1 aliphatic heterocycles. The van der Waals surface area contributed by atoms with E-state index < -0.39 is 20.0 Å². The van der Waals surface area contributed by atoms with Gasteiger partial charge in [0.2, 0.25) is 20.0 Å². The van der Waals surface area contributed by atoms with Crippen molar-refractivity contribution >= 4 is 20.0 Å². The third-order valence-corrected chi connectivity index (χ3v) is 9.20. The van der Waals surface area contributed by atoms with Crippen molar-refractivity contribution < 1.29 is 16.8 Å². The van der Waals surface area contributed by atoms with E-state index in [-0.39, 0.29) is 21.9 Å². The molecule has 1 unspecified atom stereocenters. The second-order valence-corrected chi connectivity index (χ2v) is 12.1. The van der Waals surface area contributed by atoms with Gasteiger partial charge in [0.15, 0.2) is 0 Å². The first-order chi connectivity index (χ1) is 14.1. The maximum Gasteiger partial charge on any atom is 0.243 e. The topological polar surface area (TPSA) is 90.0 Å². The first-order valence-electron chi connectivity index (χ1n) is 10.6. The normalized spacial score (nSPS) is 21.0. The maximum atomic E-state index is 13.4. The fourth-order valence-corrected chi connectivity index (χ4v) is 6.58. The molecule has 0 spiro atoms. The number of hydrogen-bond acceptors (Lipinski definition) is 6. The van der Waals surface area contributed by atoms with Gasteiger partial charge in [-0.15, -0.1) is 0 Å². The highest BCUT2D eigenvalue weighted by Gasteiger charge is 2.32. The Bertz CT molecular complexity index is 913. The molecule has 0 amide bonds. The molecule has 30 heavy (non-hydrogen) atoms. The smallest absolute Gasteiger partial charge is 0.243 e. The van der Waals surface area contributed by atoms with E-state index in [0.29, 0.717) is 19.6 Å². The highest BCUT2D eigenvalue weighted by molar-refractivity contribution is 7.89. The minimum Gasteiger partial charge on any atom is -0.308 e. The number of sulfonamides is 2. The fourth-order valence-electron chi connectivity index (χ4n) is 3.80. The molecule has 3 rings (SSSR count). The molecule has 8 nitrogen and oxygen atoms in total. The predicted molar refractivity (Wildman–Crippen MR) is 117 cm³/mol. The summed E-state index contributed by atoms with van der Waals surface area (Å²) in [5, 5.41) is 0. The molecule has 1 aromatic carbocycles. The number of benzene rings is 1. The van der Waals surface area contributed by atoms with Gasteiger partial charge in [-0.3, -0.25) is 4.90 Å². The van der Waals surface area contributed by atoms with Gasteiger partial charge in [-0.1, -0.05) is 6.92 Å². The van der Waals surface area contributed by atoms with Gasteiger partial charge in [-0.05, 0) is 77.1 Å². The third-order valence-electron chi connectivity index (χ3n) is 5.79. The zero-order chi connectivity index (χ0) is 21.9. The number of rotatable bonds is 11. The quantitative estimate of drug-likeness (QED) is 0.535. The van der Waals surface area contributed by atoms with Crippen LogP contribution in [0.4, 0.5) is 0 Å². The van der Waals surface area contributed by atoms with Gasteiger partial charge in [0.1, 0.15) is 0 Å². The van der Waals surface area contributed by atoms with Crippen molar-refractivity contribution in [2.75, 3.05) is 46.8 Å². The van der Waals surface area contributed by atoms with Crippen LogP contribution in [0.1, 0.15) is 32.6 Å². The van der Waals surface area contributed by atoms with Crippen LogP contribution in [0.25, 0.3) is 0 Å². The molecule has 0 aromatic heterocycles. The number of likely N-dealkylation sites (N-methyl/N-ethyl adjacent to an activating group) is 2. The second-order valence-electron chi connectivity index (χ2n) is 8.46. The largest absolute Gasteiger partial charge is 0.308 e. The molecule has 1 N–H and O–H groups in total. The van der Waals surface area contributed by atoms with Crippen LogP contribution in [0.15, 0.2) is 34.1 Å². The highest BCUT2D eigenvalue weighted by atomic mass is 32.2. The predicted octanol–water partition coefficient (Wildman–Crippen LogP) is 1.16. The van der Waals surface area contributed by atoms with E-state index in [1.54, 1.807) is 4.31 Å². The van der Waals surface area contributed by atoms with Crippen LogP contribution in [0, 0.1) is 0 Å². The fraction of sp³-hybridized carbons (Fsp3) is 0.700. The van der Waals surface area contributed by atoms with Gasteiger partial charge >= 0.3 is 0 Å². The van der Waals surface area contributed by atoms with E-state index in [0.717, 1.165) is 38.8 Å². The van der Waals surface area contributed by atoms with E-state index >= 15 is 0 Å². The van der Waals surface area contributed by atoms with Crippen molar-refractivity contribution in [3.63, 3.8) is 0 Å². The highest BCUT2D eigenvalue weighted by Crippen LogP contribution is 2.25. The van der Waals surface area contributed by atoms with Crippen LogP contribution in [-0.2, 0) is 20.0 Å². The average molecular weight is 459 g/mol. The summed E-state index contributed by atoms with van der Waals surface area (Å²) in [7, 11) is -3.48. The molecule has 1 aromatic rings. The van der Waals surface area contributed by atoms with Gasteiger partial charge in [-0.2, -0.15) is 4.31 Å². The lowest BCUT2D eigenvalue weighted by atomic mass is 10.2. The Morgan fingerprint density at radius 3 is 2.20 bits per heavy atom. The van der Waals surface area contributed by atoms with Crippen molar-refractivity contribution in [2.24, 2.45) is 0 Å². The van der Waals surface area contributed by atoms with Crippen molar-refractivity contribution in [3.8, 4) is 0 Å². The summed E-state index contributed by atoms with van der Waals surface area (Å²) < 4.78 is 55.7. The molecule has 1 atom stereocenters. The summed E-state index contributed by atoms with van der Waals surface area (Å²) in [5.74, 6) is 0. The van der Waals surface area contributed by atoms with Gasteiger partial charge in [-0.25, -0.2) is 21.6 Å². The summed E-state index contributed by atoms with van der Waals surface area (Å²) in [6, 6.07) is 5.81. The molecule has 10 heteroatoms. The van der Waals surface area contributed by atoms with E-state index in [1.807, 2.05) is 19.0 Å². The second kappa shape index (κ2) is 9.62. The number of likely N-dealkylation sites (tertiary alicyclic amines) is 1. The summed E-state index contributed by atoms with van der Waals surface area (Å²) in [6.07, 6.45) is 3.78. The Morgan fingerprint density at radius 2 is 1.63 bits per heavy atom. The van der Waals surface area contributed by atoms with Gasteiger partial charge in [0, 0.05) is 31.7 Å². The van der Waals surface area contributed by atoms with Crippen LogP contribution in [-0.4, -0.2) is 89.8 Å². The van der Waals surface area contributed by atoms with Crippen molar-refractivity contribution in [3.05, 3.63) is 24.3 Å². The van der Waals surface area contributed by atoms with Crippen molar-refractivity contribution in [1.82, 2.24) is 18.8 Å². The first-order valence-corrected chi connectivity index (χ1v) is 13.6. The number of nitrogens with zero attached hydrogens (tertiary/aromatic N) is 3. The molecule has 1 saturated carbocycles. The molecule has 2 fully saturated rings. The lowest BCUT2D eigenvalue weighted by molar-refractivity contribution is 0.220. The van der Waals surface area contributed by atoms with E-state index in [4.69, 9.17) is 0 Å². The monoisotopic (exact) mass is 458 g/mol. The maximum absolute atomic E-state index is 13.4. The zero-order valence-corrected chi connectivity index (χ0v) is 19.8. The molecular formula is C20H34N4O4S2. The van der Waals surface area contributed by atoms with Crippen LogP contribution in [0.2, 0.25) is 0 Å². The lowest BCUT2D eigenvalue weighted by Gasteiger charge is -2.30. The van der Waals surface area contributed by atoms with Gasteiger partial charge < -0.3 is 4.90 Å². The Hall–Kier alpha value is -1.04. The minimum atomic E-state index is -3.72. The first kappa shape index (κ1) is 23.6. The third kappa shape index (κ3) is 5.80. The van der Waals surface area contributed by atoms with Crippen LogP contribution < -0.4 is 4.72 Å². The average Bonchev–Trinajstić information content (AvgIpc) is 3.38.